The molecule has 1 aliphatic carbocycles. The molecule has 0 atom stereocenters. The summed E-state index contributed by atoms with van der Waals surface area (Å²) < 4.78 is 7.69. The molecule has 0 N–H and O–H groups in total. The van der Waals surface area contributed by atoms with E-state index in [4.69, 9.17) is 4.74 Å². The van der Waals surface area contributed by atoms with Crippen LogP contribution in [0.1, 0.15) is 29.8 Å². The highest BCUT2D eigenvalue weighted by molar-refractivity contribution is 5.80. The molecule has 25 heavy (non-hydrogen) atoms. The van der Waals surface area contributed by atoms with Crippen LogP contribution in [-0.4, -0.2) is 32.1 Å². The van der Waals surface area contributed by atoms with E-state index in [1.807, 2.05) is 34.8 Å². The zero-order valence-corrected chi connectivity index (χ0v) is 14.4. The predicted molar refractivity (Wildman–Crippen MR) is 92.8 cm³/mol. The molecule has 0 spiro atoms. The Labute approximate surface area is 147 Å². The lowest BCUT2D eigenvalue weighted by Gasteiger charge is -2.30. The van der Waals surface area contributed by atoms with Gasteiger partial charge in [-0.3, -0.25) is 9.48 Å². The minimum atomic E-state index is 0.117. The molecule has 3 heterocycles. The molecule has 6 nitrogen and oxygen atoms in total. The van der Waals surface area contributed by atoms with Gasteiger partial charge in [-0.25, -0.2) is 4.98 Å². The summed E-state index contributed by atoms with van der Waals surface area (Å²) in [5.74, 6) is 0.963. The van der Waals surface area contributed by atoms with Gasteiger partial charge < -0.3 is 9.64 Å². The minimum absolute atomic E-state index is 0.117. The molecule has 0 radical (unpaired) electrons. The quantitative estimate of drug-likeness (QED) is 0.802. The minimum Gasteiger partial charge on any atom is -0.471 e. The molecule has 1 amide bonds. The van der Waals surface area contributed by atoms with Crippen LogP contribution in [-0.2, 0) is 31.4 Å². The summed E-state index contributed by atoms with van der Waals surface area (Å²) in [7, 11) is 1.96. The molecule has 0 saturated heterocycles. The van der Waals surface area contributed by atoms with Gasteiger partial charge in [0.2, 0.25) is 11.8 Å². The van der Waals surface area contributed by atoms with E-state index in [2.05, 4.69) is 22.2 Å². The van der Waals surface area contributed by atoms with E-state index in [1.165, 1.54) is 5.69 Å². The van der Waals surface area contributed by atoms with E-state index >= 15 is 0 Å². The van der Waals surface area contributed by atoms with Crippen LogP contribution < -0.4 is 4.74 Å². The number of fused-ring (bicyclic) bond motifs is 1. The number of hydrogen-bond donors (Lipinski definition) is 0. The average Bonchev–Trinajstić information content (AvgIpc) is 3.29. The van der Waals surface area contributed by atoms with Crippen LogP contribution in [0, 0.1) is 5.92 Å². The number of amides is 1. The molecule has 0 bridgehead atoms. The second-order valence-corrected chi connectivity index (χ2v) is 6.60. The number of carbonyl (C=O) groups excluding carboxylic acids is 1. The molecule has 6 heteroatoms. The van der Waals surface area contributed by atoms with Crippen LogP contribution in [0.2, 0.25) is 0 Å². The van der Waals surface area contributed by atoms with E-state index < -0.39 is 0 Å². The van der Waals surface area contributed by atoms with Gasteiger partial charge in [-0.2, -0.15) is 5.10 Å². The van der Waals surface area contributed by atoms with Crippen LogP contribution in [0.4, 0.5) is 0 Å². The Bertz CT molecular complexity index is 789. The second-order valence-electron chi connectivity index (χ2n) is 6.60. The van der Waals surface area contributed by atoms with Gasteiger partial charge in [-0.05, 0) is 18.9 Å². The predicted octanol–water partition coefficient (Wildman–Crippen LogP) is 2.25. The Morgan fingerprint density at radius 3 is 2.92 bits per heavy atom. The third-order valence-electron chi connectivity index (χ3n) is 4.99. The molecule has 1 aliphatic heterocycles. The van der Waals surface area contributed by atoms with E-state index in [0.717, 1.165) is 37.1 Å². The van der Waals surface area contributed by atoms with Crippen LogP contribution >= 0.6 is 0 Å². The van der Waals surface area contributed by atoms with Crippen molar-refractivity contribution in [2.75, 3.05) is 6.54 Å². The molecular weight excluding hydrogens is 316 g/mol. The lowest BCUT2D eigenvalue weighted by Crippen LogP contribution is -2.39. The molecule has 2 aromatic rings. The Hall–Kier alpha value is -2.63. The maximum Gasteiger partial charge on any atom is 0.226 e. The highest BCUT2D eigenvalue weighted by atomic mass is 16.5. The fraction of sp³-hybridized carbons (Fsp3) is 0.421. The highest BCUT2D eigenvalue weighted by Crippen LogP contribution is 2.27. The summed E-state index contributed by atoms with van der Waals surface area (Å²) in [6.45, 7) is 1.76. The summed E-state index contributed by atoms with van der Waals surface area (Å²) in [6.07, 6.45) is 8.49. The number of aromatic nitrogens is 3. The maximum atomic E-state index is 12.7. The molecule has 4 rings (SSSR count). The van der Waals surface area contributed by atoms with Gasteiger partial charge in [0.15, 0.2) is 0 Å². The Morgan fingerprint density at radius 2 is 2.16 bits per heavy atom. The van der Waals surface area contributed by atoms with Crippen LogP contribution in [0.25, 0.3) is 0 Å². The number of hydrogen-bond acceptors (Lipinski definition) is 4. The number of ether oxygens (including phenoxy) is 1. The Balaban J connectivity index is 1.49. The van der Waals surface area contributed by atoms with Gasteiger partial charge in [0, 0.05) is 56.0 Å². The first kappa shape index (κ1) is 15.9. The number of pyridine rings is 1. The molecule has 2 aliphatic rings. The first-order valence-corrected chi connectivity index (χ1v) is 8.73. The fourth-order valence-electron chi connectivity index (χ4n) is 3.63. The largest absolute Gasteiger partial charge is 0.471 e. The molecule has 0 unspecified atom stereocenters. The summed E-state index contributed by atoms with van der Waals surface area (Å²) in [4.78, 5) is 18.9. The van der Waals surface area contributed by atoms with Crippen LogP contribution in [0.3, 0.4) is 0 Å². The van der Waals surface area contributed by atoms with Crippen molar-refractivity contribution in [2.24, 2.45) is 13.0 Å². The van der Waals surface area contributed by atoms with Gasteiger partial charge in [0.25, 0.3) is 0 Å². The molecular formula is C19H22N4O2. The normalized spacial score (nSPS) is 16.9. The van der Waals surface area contributed by atoms with E-state index in [-0.39, 0.29) is 11.8 Å². The van der Waals surface area contributed by atoms with Gasteiger partial charge in [-0.15, -0.1) is 0 Å². The smallest absolute Gasteiger partial charge is 0.226 e. The summed E-state index contributed by atoms with van der Waals surface area (Å²) in [5, 5.41) is 4.61. The van der Waals surface area contributed by atoms with E-state index in [9.17, 15) is 4.79 Å². The van der Waals surface area contributed by atoms with Crippen molar-refractivity contribution in [3.8, 4) is 5.88 Å². The van der Waals surface area contributed by atoms with Gasteiger partial charge in [-0.1, -0.05) is 18.2 Å². The van der Waals surface area contributed by atoms with Crippen molar-refractivity contribution >= 4 is 5.91 Å². The third kappa shape index (κ3) is 3.16. The lowest BCUT2D eigenvalue weighted by molar-refractivity contribution is -0.136. The van der Waals surface area contributed by atoms with E-state index in [1.54, 1.807) is 6.20 Å². The lowest BCUT2D eigenvalue weighted by atomic mass is 10.0. The Kier molecular flexibility index (Phi) is 4.26. The fourth-order valence-corrected chi connectivity index (χ4v) is 3.63. The number of nitrogens with zero attached hydrogens (tertiary/aromatic N) is 4. The summed E-state index contributed by atoms with van der Waals surface area (Å²) in [5.41, 5.74) is 3.22. The first-order chi connectivity index (χ1) is 12.2. The third-order valence-corrected chi connectivity index (χ3v) is 4.99. The van der Waals surface area contributed by atoms with E-state index in [0.29, 0.717) is 19.0 Å². The van der Waals surface area contributed by atoms with Crippen molar-refractivity contribution in [2.45, 2.75) is 32.4 Å². The van der Waals surface area contributed by atoms with Crippen molar-refractivity contribution in [1.82, 2.24) is 19.7 Å². The van der Waals surface area contributed by atoms with Crippen molar-refractivity contribution < 1.29 is 9.53 Å². The number of rotatable bonds is 4. The molecule has 2 aromatic heterocycles. The molecule has 0 aromatic carbocycles. The monoisotopic (exact) mass is 338 g/mol. The van der Waals surface area contributed by atoms with Gasteiger partial charge >= 0.3 is 0 Å². The zero-order chi connectivity index (χ0) is 17.2. The molecule has 0 saturated carbocycles. The van der Waals surface area contributed by atoms with Crippen LogP contribution in [0.5, 0.6) is 5.88 Å². The van der Waals surface area contributed by atoms with Gasteiger partial charge in [0.05, 0.1) is 0 Å². The molecule has 0 fully saturated rings. The van der Waals surface area contributed by atoms with Crippen molar-refractivity contribution in [1.29, 1.82) is 0 Å². The van der Waals surface area contributed by atoms with Crippen molar-refractivity contribution in [3.63, 3.8) is 0 Å². The maximum absolute atomic E-state index is 12.7. The summed E-state index contributed by atoms with van der Waals surface area (Å²) >= 11 is 0. The standard InChI is InChI=1S/C19H22N4O2/c1-22-17-9-11-23(19(24)14-6-2-3-7-14)12-15(17)16(21-22)13-25-18-8-4-5-10-20-18/h2-5,8,10,14H,6-7,9,11-13H2,1H3. The SMILES string of the molecule is Cn1nc(COc2ccccn2)c2c1CCN(C(=O)C1CC=CC1)C2. The zero-order valence-electron chi connectivity index (χ0n) is 14.4. The second kappa shape index (κ2) is 6.70. The molecule has 130 valence electrons. The average molecular weight is 338 g/mol. The van der Waals surface area contributed by atoms with Gasteiger partial charge in [0.1, 0.15) is 12.3 Å². The summed E-state index contributed by atoms with van der Waals surface area (Å²) in [6, 6.07) is 5.58. The number of allylic oxidation sites excluding steroid dienone is 2. The van der Waals surface area contributed by atoms with Crippen LogP contribution in [0.15, 0.2) is 36.5 Å². The van der Waals surface area contributed by atoms with Crippen molar-refractivity contribution in [3.05, 3.63) is 53.5 Å². The number of aryl methyl sites for hydroxylation is 1. The first-order valence-electron chi connectivity index (χ1n) is 8.73. The topological polar surface area (TPSA) is 60.2 Å². The Morgan fingerprint density at radius 1 is 1.32 bits per heavy atom. The highest BCUT2D eigenvalue weighted by Gasteiger charge is 2.30. The number of carbonyl (C=O) groups is 1.